The smallest absolute Gasteiger partial charge is 0.232 e. The molecule has 102 valence electrons. The maximum Gasteiger partial charge on any atom is 0.232 e. The lowest BCUT2D eigenvalue weighted by Gasteiger charge is -2.12. The number of aliphatic hydroxyl groups is 1. The molecule has 0 bridgehead atoms. The molecule has 2 rings (SSSR count). The maximum atomic E-state index is 13.3. The third kappa shape index (κ3) is 3.19. The van der Waals surface area contributed by atoms with Crippen LogP contribution >= 0.6 is 15.9 Å². The van der Waals surface area contributed by atoms with Gasteiger partial charge in [-0.2, -0.15) is 4.98 Å². The van der Waals surface area contributed by atoms with Gasteiger partial charge in [0.1, 0.15) is 5.82 Å². The van der Waals surface area contributed by atoms with Crippen LogP contribution in [0.3, 0.4) is 0 Å². The quantitative estimate of drug-likeness (QED) is 0.932. The number of halogens is 2. The Morgan fingerprint density at radius 1 is 1.42 bits per heavy atom. The molecule has 0 spiro atoms. The standard InChI is InChI=1S/C13H14BrFN2O2/c1-3-11(7(2)18)13-16-12(17-19-13)8-4-9(14)6-10(15)5-8/h4-7,11,18H,3H2,1-2H3. The molecule has 1 aromatic heterocycles. The van der Waals surface area contributed by atoms with Crippen LogP contribution in [-0.4, -0.2) is 21.4 Å². The normalized spacial score (nSPS) is 14.4. The van der Waals surface area contributed by atoms with Crippen molar-refractivity contribution < 1.29 is 14.0 Å². The lowest BCUT2D eigenvalue weighted by molar-refractivity contribution is 0.141. The van der Waals surface area contributed by atoms with Crippen LogP contribution in [0.4, 0.5) is 4.39 Å². The Bertz CT molecular complexity index is 551. The van der Waals surface area contributed by atoms with Crippen molar-refractivity contribution in [2.75, 3.05) is 0 Å². The van der Waals surface area contributed by atoms with Gasteiger partial charge in [-0.3, -0.25) is 0 Å². The molecule has 0 saturated carbocycles. The molecule has 1 N–H and O–H groups in total. The largest absolute Gasteiger partial charge is 0.393 e. The van der Waals surface area contributed by atoms with Crippen molar-refractivity contribution in [2.24, 2.45) is 0 Å². The number of hydrogen-bond donors (Lipinski definition) is 1. The third-order valence-corrected chi connectivity index (χ3v) is 3.36. The molecule has 19 heavy (non-hydrogen) atoms. The van der Waals surface area contributed by atoms with E-state index >= 15 is 0 Å². The van der Waals surface area contributed by atoms with Crippen molar-refractivity contribution in [2.45, 2.75) is 32.3 Å². The van der Waals surface area contributed by atoms with Crippen molar-refractivity contribution >= 4 is 15.9 Å². The van der Waals surface area contributed by atoms with E-state index in [1.54, 1.807) is 13.0 Å². The Kier molecular flexibility index (Phi) is 4.31. The molecule has 0 aliphatic carbocycles. The average Bonchev–Trinajstić information content (AvgIpc) is 2.77. The van der Waals surface area contributed by atoms with Crippen molar-refractivity contribution in [1.82, 2.24) is 10.1 Å². The molecule has 2 aromatic rings. The first-order valence-corrected chi connectivity index (χ1v) is 6.78. The Labute approximate surface area is 118 Å². The number of nitrogens with zero attached hydrogens (tertiary/aromatic N) is 2. The predicted octanol–water partition coefficient (Wildman–Crippen LogP) is 3.51. The maximum absolute atomic E-state index is 13.3. The average molecular weight is 329 g/mol. The van der Waals surface area contributed by atoms with Crippen molar-refractivity contribution in [1.29, 1.82) is 0 Å². The lowest BCUT2D eigenvalue weighted by Crippen LogP contribution is -2.13. The summed E-state index contributed by atoms with van der Waals surface area (Å²) in [4.78, 5) is 4.23. The zero-order valence-corrected chi connectivity index (χ0v) is 12.2. The van der Waals surface area contributed by atoms with Crippen LogP contribution in [-0.2, 0) is 0 Å². The van der Waals surface area contributed by atoms with Gasteiger partial charge in [-0.1, -0.05) is 28.0 Å². The van der Waals surface area contributed by atoms with Gasteiger partial charge in [-0.25, -0.2) is 4.39 Å². The Hall–Kier alpha value is -1.27. The van der Waals surface area contributed by atoms with Crippen LogP contribution in [0.15, 0.2) is 27.2 Å². The molecule has 2 unspecified atom stereocenters. The monoisotopic (exact) mass is 328 g/mol. The van der Waals surface area contributed by atoms with Crippen LogP contribution in [0.1, 0.15) is 32.1 Å². The number of aromatic nitrogens is 2. The molecule has 6 heteroatoms. The lowest BCUT2D eigenvalue weighted by atomic mass is 10.0. The van der Waals surface area contributed by atoms with Crippen LogP contribution in [0, 0.1) is 5.82 Å². The number of benzene rings is 1. The molecule has 0 fully saturated rings. The van der Waals surface area contributed by atoms with E-state index in [0.29, 0.717) is 28.2 Å². The summed E-state index contributed by atoms with van der Waals surface area (Å²) in [6.45, 7) is 3.61. The van der Waals surface area contributed by atoms with E-state index in [1.807, 2.05) is 6.92 Å². The highest BCUT2D eigenvalue weighted by molar-refractivity contribution is 9.10. The molecule has 1 aromatic carbocycles. The van der Waals surface area contributed by atoms with E-state index in [9.17, 15) is 9.50 Å². The predicted molar refractivity (Wildman–Crippen MR) is 72.1 cm³/mol. The molecule has 4 nitrogen and oxygen atoms in total. The Morgan fingerprint density at radius 2 is 2.16 bits per heavy atom. The van der Waals surface area contributed by atoms with Crippen molar-refractivity contribution in [3.8, 4) is 11.4 Å². The van der Waals surface area contributed by atoms with E-state index in [1.165, 1.54) is 12.1 Å². The highest BCUT2D eigenvalue weighted by atomic mass is 79.9. The van der Waals surface area contributed by atoms with Crippen molar-refractivity contribution in [3.63, 3.8) is 0 Å². The number of rotatable bonds is 4. The molecule has 2 atom stereocenters. The summed E-state index contributed by atoms with van der Waals surface area (Å²) in [7, 11) is 0. The third-order valence-electron chi connectivity index (χ3n) is 2.90. The molecule has 0 radical (unpaired) electrons. The number of hydrogen-bond acceptors (Lipinski definition) is 4. The minimum atomic E-state index is -0.572. The van der Waals surface area contributed by atoms with Gasteiger partial charge in [0.05, 0.1) is 12.0 Å². The first kappa shape index (κ1) is 14.1. The van der Waals surface area contributed by atoms with Gasteiger partial charge in [0.15, 0.2) is 0 Å². The fourth-order valence-electron chi connectivity index (χ4n) is 1.91. The van der Waals surface area contributed by atoms with Crippen LogP contribution in [0.25, 0.3) is 11.4 Å². The first-order chi connectivity index (χ1) is 9.01. The summed E-state index contributed by atoms with van der Waals surface area (Å²) in [5.41, 5.74) is 0.530. The number of aliphatic hydroxyl groups excluding tert-OH is 1. The van der Waals surface area contributed by atoms with Gasteiger partial charge in [0.2, 0.25) is 11.7 Å². The van der Waals surface area contributed by atoms with Gasteiger partial charge in [-0.15, -0.1) is 0 Å². The summed E-state index contributed by atoms with van der Waals surface area (Å²) < 4.78 is 19.1. The summed E-state index contributed by atoms with van der Waals surface area (Å²) >= 11 is 3.22. The second-order valence-electron chi connectivity index (χ2n) is 4.37. The zero-order chi connectivity index (χ0) is 14.0. The first-order valence-electron chi connectivity index (χ1n) is 5.99. The summed E-state index contributed by atoms with van der Waals surface area (Å²) in [5.74, 6) is 0.0960. The van der Waals surface area contributed by atoms with Crippen molar-refractivity contribution in [3.05, 3.63) is 34.4 Å². The molecular formula is C13H14BrFN2O2. The minimum absolute atomic E-state index is 0.210. The highest BCUT2D eigenvalue weighted by Gasteiger charge is 2.22. The highest BCUT2D eigenvalue weighted by Crippen LogP contribution is 2.26. The second kappa shape index (κ2) is 5.79. The van der Waals surface area contributed by atoms with Crippen LogP contribution in [0.2, 0.25) is 0 Å². The summed E-state index contributed by atoms with van der Waals surface area (Å²) in [5, 5.41) is 13.5. The molecule has 1 heterocycles. The van der Waals surface area contributed by atoms with E-state index in [4.69, 9.17) is 4.52 Å². The van der Waals surface area contributed by atoms with Crippen LogP contribution < -0.4 is 0 Å². The molecule has 0 saturated heterocycles. The minimum Gasteiger partial charge on any atom is -0.393 e. The molecular weight excluding hydrogens is 315 g/mol. The Balaban J connectivity index is 2.35. The summed E-state index contributed by atoms with van der Waals surface area (Å²) in [6, 6.07) is 4.40. The van der Waals surface area contributed by atoms with Gasteiger partial charge in [-0.05, 0) is 31.5 Å². The SMILES string of the molecule is CCC(c1nc(-c2cc(F)cc(Br)c2)no1)C(C)O. The van der Waals surface area contributed by atoms with E-state index in [0.717, 1.165) is 0 Å². The Morgan fingerprint density at radius 3 is 2.74 bits per heavy atom. The van der Waals surface area contributed by atoms with E-state index < -0.39 is 6.10 Å². The summed E-state index contributed by atoms with van der Waals surface area (Å²) in [6.07, 6.45) is 0.115. The second-order valence-corrected chi connectivity index (χ2v) is 5.29. The van der Waals surface area contributed by atoms with Gasteiger partial charge < -0.3 is 9.63 Å². The van der Waals surface area contributed by atoms with E-state index in [2.05, 4.69) is 26.1 Å². The fraction of sp³-hybridized carbons (Fsp3) is 0.385. The van der Waals surface area contributed by atoms with E-state index in [-0.39, 0.29) is 11.7 Å². The molecule has 0 amide bonds. The van der Waals surface area contributed by atoms with Crippen LogP contribution in [0.5, 0.6) is 0 Å². The molecule has 0 aliphatic rings. The fourth-order valence-corrected chi connectivity index (χ4v) is 2.37. The van der Waals surface area contributed by atoms with Gasteiger partial charge in [0.25, 0.3) is 0 Å². The molecule has 0 aliphatic heterocycles. The topological polar surface area (TPSA) is 59.2 Å². The zero-order valence-electron chi connectivity index (χ0n) is 10.6. The van der Waals surface area contributed by atoms with Gasteiger partial charge >= 0.3 is 0 Å². The van der Waals surface area contributed by atoms with Gasteiger partial charge in [0, 0.05) is 10.0 Å².